The van der Waals surface area contributed by atoms with Crippen molar-refractivity contribution in [2.75, 3.05) is 6.54 Å². The predicted octanol–water partition coefficient (Wildman–Crippen LogP) is 1.09. The zero-order valence-corrected chi connectivity index (χ0v) is 6.36. The molecule has 2 N–H and O–H groups in total. The zero-order chi connectivity index (χ0) is 6.97. The van der Waals surface area contributed by atoms with Gasteiger partial charge in [0.05, 0.1) is 6.54 Å². The summed E-state index contributed by atoms with van der Waals surface area (Å²) in [6.07, 6.45) is 1.16. The average Bonchev–Trinajstić information content (AvgIpc) is 2.33. The summed E-state index contributed by atoms with van der Waals surface area (Å²) in [7, 11) is 0. The Bertz CT molecular complexity index is 257. The van der Waals surface area contributed by atoms with Gasteiger partial charge in [-0.25, -0.2) is 0 Å². The number of rotatable bonds is 0. The standard InChI is InChI=1S/C8H8ClN/c9-7-1-2-8-6(5-7)3-4-10-8/h1-2,5,10H,3-4H2/p+1. The Kier molecular flexibility index (Phi) is 1.40. The minimum absolute atomic E-state index is 0.856. The van der Waals surface area contributed by atoms with E-state index in [2.05, 4.69) is 17.4 Å². The molecule has 0 amide bonds. The first-order valence-corrected chi connectivity index (χ1v) is 3.86. The maximum absolute atomic E-state index is 5.81. The van der Waals surface area contributed by atoms with E-state index in [0.717, 1.165) is 11.4 Å². The van der Waals surface area contributed by atoms with Gasteiger partial charge in [0.25, 0.3) is 0 Å². The van der Waals surface area contributed by atoms with E-state index in [-0.39, 0.29) is 0 Å². The lowest BCUT2D eigenvalue weighted by Crippen LogP contribution is -2.75. The molecule has 0 radical (unpaired) electrons. The van der Waals surface area contributed by atoms with Crippen molar-refractivity contribution in [3.63, 3.8) is 0 Å². The van der Waals surface area contributed by atoms with Crippen molar-refractivity contribution in [3.05, 3.63) is 28.8 Å². The second-order valence-electron chi connectivity index (χ2n) is 2.59. The molecule has 1 aliphatic heterocycles. The Balaban J connectivity index is 2.52. The number of fused-ring (bicyclic) bond motifs is 1. The molecule has 0 unspecified atom stereocenters. The summed E-state index contributed by atoms with van der Waals surface area (Å²) < 4.78 is 0. The second-order valence-corrected chi connectivity index (χ2v) is 3.02. The Morgan fingerprint density at radius 2 is 2.30 bits per heavy atom. The summed E-state index contributed by atoms with van der Waals surface area (Å²) in [6.45, 7) is 1.18. The topological polar surface area (TPSA) is 16.6 Å². The summed E-state index contributed by atoms with van der Waals surface area (Å²) >= 11 is 5.81. The van der Waals surface area contributed by atoms with Crippen molar-refractivity contribution in [1.82, 2.24) is 0 Å². The van der Waals surface area contributed by atoms with Crippen LogP contribution in [0.15, 0.2) is 18.2 Å². The highest BCUT2D eigenvalue weighted by Crippen LogP contribution is 2.19. The summed E-state index contributed by atoms with van der Waals surface area (Å²) in [6, 6.07) is 6.09. The number of nitrogens with two attached hydrogens (primary N) is 1. The van der Waals surface area contributed by atoms with Gasteiger partial charge in [0.15, 0.2) is 0 Å². The molecule has 10 heavy (non-hydrogen) atoms. The van der Waals surface area contributed by atoms with E-state index in [4.69, 9.17) is 11.6 Å². The van der Waals surface area contributed by atoms with Crippen LogP contribution in [0.2, 0.25) is 5.02 Å². The van der Waals surface area contributed by atoms with Gasteiger partial charge >= 0.3 is 0 Å². The smallest absolute Gasteiger partial charge is 0.133 e. The van der Waals surface area contributed by atoms with Crippen LogP contribution >= 0.6 is 11.6 Å². The largest absolute Gasteiger partial charge is 0.313 e. The second kappa shape index (κ2) is 2.26. The van der Waals surface area contributed by atoms with Gasteiger partial charge in [-0.05, 0) is 12.1 Å². The molecule has 1 aliphatic rings. The highest BCUT2D eigenvalue weighted by molar-refractivity contribution is 6.30. The number of hydrogen-bond acceptors (Lipinski definition) is 0. The third-order valence-electron chi connectivity index (χ3n) is 1.88. The highest BCUT2D eigenvalue weighted by atomic mass is 35.5. The molecule has 0 aliphatic carbocycles. The molecule has 2 rings (SSSR count). The zero-order valence-electron chi connectivity index (χ0n) is 5.60. The fourth-order valence-corrected chi connectivity index (χ4v) is 1.57. The molecule has 0 fully saturated rings. The molecule has 1 aromatic carbocycles. The van der Waals surface area contributed by atoms with Crippen molar-refractivity contribution in [1.29, 1.82) is 0 Å². The van der Waals surface area contributed by atoms with Crippen LogP contribution < -0.4 is 5.32 Å². The van der Waals surface area contributed by atoms with Gasteiger partial charge in [0.1, 0.15) is 5.69 Å². The van der Waals surface area contributed by atoms with Crippen molar-refractivity contribution < 1.29 is 5.32 Å². The van der Waals surface area contributed by atoms with Gasteiger partial charge in [0.2, 0.25) is 0 Å². The van der Waals surface area contributed by atoms with Crippen LogP contribution in [0.3, 0.4) is 0 Å². The number of quaternary nitrogens is 1. The summed E-state index contributed by atoms with van der Waals surface area (Å²) in [5.41, 5.74) is 2.76. The predicted molar refractivity (Wildman–Crippen MR) is 41.6 cm³/mol. The number of hydrogen-bond donors (Lipinski definition) is 1. The molecule has 0 saturated heterocycles. The lowest BCUT2D eigenvalue weighted by atomic mass is 10.2. The number of halogens is 1. The first-order valence-electron chi connectivity index (χ1n) is 3.48. The first kappa shape index (κ1) is 6.20. The van der Waals surface area contributed by atoms with Crippen LogP contribution in [-0.2, 0) is 6.42 Å². The Morgan fingerprint density at radius 1 is 1.40 bits per heavy atom. The maximum Gasteiger partial charge on any atom is 0.133 e. The van der Waals surface area contributed by atoms with E-state index in [0.29, 0.717) is 0 Å². The van der Waals surface area contributed by atoms with Crippen LogP contribution in [0.5, 0.6) is 0 Å². The fourth-order valence-electron chi connectivity index (χ4n) is 1.37. The molecule has 52 valence electrons. The van der Waals surface area contributed by atoms with Crippen LogP contribution in [0.25, 0.3) is 0 Å². The minimum Gasteiger partial charge on any atom is -0.313 e. The molecule has 1 heterocycles. The van der Waals surface area contributed by atoms with Crippen LogP contribution in [0.1, 0.15) is 5.56 Å². The molecule has 0 aromatic heterocycles. The summed E-state index contributed by atoms with van der Waals surface area (Å²) in [5.74, 6) is 0. The lowest BCUT2D eigenvalue weighted by molar-refractivity contribution is -0.561. The first-order chi connectivity index (χ1) is 4.86. The van der Waals surface area contributed by atoms with Crippen molar-refractivity contribution in [3.8, 4) is 0 Å². The monoisotopic (exact) mass is 154 g/mol. The number of benzene rings is 1. The van der Waals surface area contributed by atoms with Gasteiger partial charge in [-0.1, -0.05) is 11.6 Å². The maximum atomic E-state index is 5.81. The Hall–Kier alpha value is -0.530. The van der Waals surface area contributed by atoms with Crippen LogP contribution in [0, 0.1) is 0 Å². The Labute approximate surface area is 65.0 Å². The molecule has 0 saturated carbocycles. The molecule has 2 heteroatoms. The van der Waals surface area contributed by atoms with E-state index in [1.807, 2.05) is 6.07 Å². The lowest BCUT2D eigenvalue weighted by Gasteiger charge is -1.92. The van der Waals surface area contributed by atoms with Gasteiger partial charge in [0, 0.05) is 23.1 Å². The van der Waals surface area contributed by atoms with Gasteiger partial charge in [-0.2, -0.15) is 0 Å². The summed E-state index contributed by atoms with van der Waals surface area (Å²) in [5, 5.41) is 3.11. The third kappa shape index (κ3) is 0.917. The van der Waals surface area contributed by atoms with Gasteiger partial charge in [-0.3, -0.25) is 0 Å². The average molecular weight is 155 g/mol. The molecule has 1 aromatic rings. The van der Waals surface area contributed by atoms with Crippen molar-refractivity contribution in [2.45, 2.75) is 6.42 Å². The van der Waals surface area contributed by atoms with Crippen molar-refractivity contribution >= 4 is 17.3 Å². The fraction of sp³-hybridized carbons (Fsp3) is 0.250. The van der Waals surface area contributed by atoms with E-state index in [1.165, 1.54) is 17.8 Å². The van der Waals surface area contributed by atoms with E-state index in [1.54, 1.807) is 0 Å². The normalized spacial score (nSPS) is 15.3. The van der Waals surface area contributed by atoms with E-state index < -0.39 is 0 Å². The van der Waals surface area contributed by atoms with Crippen molar-refractivity contribution in [2.24, 2.45) is 0 Å². The molecule has 0 atom stereocenters. The Morgan fingerprint density at radius 3 is 3.20 bits per heavy atom. The molecule has 0 spiro atoms. The molecular formula is C8H9ClN+. The van der Waals surface area contributed by atoms with Gasteiger partial charge < -0.3 is 5.32 Å². The SMILES string of the molecule is Clc1ccc2c(c1)CC[NH2+]2. The molecule has 1 nitrogen and oxygen atoms in total. The molecule has 0 bridgehead atoms. The quantitative estimate of drug-likeness (QED) is 0.539. The molecular weight excluding hydrogens is 146 g/mol. The minimum atomic E-state index is 0.856. The highest BCUT2D eigenvalue weighted by Gasteiger charge is 2.13. The van der Waals surface area contributed by atoms with E-state index in [9.17, 15) is 0 Å². The summed E-state index contributed by atoms with van der Waals surface area (Å²) in [4.78, 5) is 0. The van der Waals surface area contributed by atoms with Gasteiger partial charge in [-0.15, -0.1) is 0 Å². The van der Waals surface area contributed by atoms with Crippen LogP contribution in [0.4, 0.5) is 5.69 Å². The van der Waals surface area contributed by atoms with Crippen LogP contribution in [-0.4, -0.2) is 6.54 Å². The third-order valence-corrected chi connectivity index (χ3v) is 2.12. The van der Waals surface area contributed by atoms with E-state index >= 15 is 0 Å².